The number of amides is 1. The van der Waals surface area contributed by atoms with Gasteiger partial charge in [-0.15, -0.1) is 0 Å². The normalized spacial score (nSPS) is 18.4. The first-order valence-corrected chi connectivity index (χ1v) is 12.1. The van der Waals surface area contributed by atoms with Crippen LogP contribution in [-0.4, -0.2) is 68.4 Å². The molecule has 1 fully saturated rings. The summed E-state index contributed by atoms with van der Waals surface area (Å²) in [6.45, 7) is 6.12. The Labute approximate surface area is 210 Å². The molecule has 1 atom stereocenters. The van der Waals surface area contributed by atoms with E-state index in [2.05, 4.69) is 0 Å². The van der Waals surface area contributed by atoms with E-state index in [1.54, 1.807) is 43.5 Å². The molecule has 0 saturated carbocycles. The van der Waals surface area contributed by atoms with E-state index in [9.17, 15) is 14.7 Å². The lowest BCUT2D eigenvalue weighted by molar-refractivity contribution is -0.140. The molecule has 1 N–H and O–H groups in total. The minimum absolute atomic E-state index is 0.000651. The number of benzene rings is 2. The Morgan fingerprint density at radius 3 is 2.44 bits per heavy atom. The third kappa shape index (κ3) is 4.97. The minimum Gasteiger partial charge on any atom is -0.507 e. The molecular formula is C27H31NO8. The highest BCUT2D eigenvalue weighted by atomic mass is 16.6. The third-order valence-corrected chi connectivity index (χ3v) is 5.99. The van der Waals surface area contributed by atoms with Crippen LogP contribution in [0.15, 0.2) is 42.0 Å². The number of nitrogens with zero attached hydrogens (tertiary/aromatic N) is 1. The highest BCUT2D eigenvalue weighted by Crippen LogP contribution is 2.43. The molecule has 0 radical (unpaired) electrons. The molecule has 4 rings (SSSR count). The molecule has 2 aromatic carbocycles. The summed E-state index contributed by atoms with van der Waals surface area (Å²) in [6.07, 6.45) is 0.527. The summed E-state index contributed by atoms with van der Waals surface area (Å²) in [4.78, 5) is 27.9. The van der Waals surface area contributed by atoms with Crippen molar-refractivity contribution in [2.24, 2.45) is 0 Å². The van der Waals surface area contributed by atoms with Gasteiger partial charge < -0.3 is 33.7 Å². The van der Waals surface area contributed by atoms with Crippen LogP contribution in [0.25, 0.3) is 5.76 Å². The number of fused-ring (bicyclic) bond motifs is 1. The van der Waals surface area contributed by atoms with Crippen LogP contribution in [0.2, 0.25) is 0 Å². The highest BCUT2D eigenvalue weighted by Gasteiger charge is 2.46. The van der Waals surface area contributed by atoms with E-state index in [1.807, 2.05) is 13.8 Å². The molecule has 0 aromatic heterocycles. The number of hydrogen-bond donors (Lipinski definition) is 1. The Kier molecular flexibility index (Phi) is 8.00. The zero-order valence-corrected chi connectivity index (χ0v) is 20.7. The van der Waals surface area contributed by atoms with Gasteiger partial charge in [0.25, 0.3) is 11.7 Å². The molecule has 0 spiro atoms. The maximum Gasteiger partial charge on any atom is 0.295 e. The molecule has 9 nitrogen and oxygen atoms in total. The van der Waals surface area contributed by atoms with E-state index in [4.69, 9.17) is 23.7 Å². The summed E-state index contributed by atoms with van der Waals surface area (Å²) in [5.41, 5.74) is 0.980. The zero-order valence-electron chi connectivity index (χ0n) is 20.7. The fourth-order valence-electron chi connectivity index (χ4n) is 4.42. The van der Waals surface area contributed by atoms with Crippen LogP contribution in [0.5, 0.6) is 23.0 Å². The van der Waals surface area contributed by atoms with Crippen molar-refractivity contribution in [1.82, 2.24) is 4.90 Å². The molecule has 0 bridgehead atoms. The van der Waals surface area contributed by atoms with Crippen LogP contribution >= 0.6 is 0 Å². The predicted molar refractivity (Wildman–Crippen MR) is 132 cm³/mol. The fraction of sp³-hybridized carbons (Fsp3) is 0.407. The van der Waals surface area contributed by atoms with Crippen LogP contribution < -0.4 is 18.9 Å². The lowest BCUT2D eigenvalue weighted by atomic mass is 9.94. The van der Waals surface area contributed by atoms with Gasteiger partial charge in [0, 0.05) is 25.8 Å². The average molecular weight is 498 g/mol. The van der Waals surface area contributed by atoms with Gasteiger partial charge in [0.2, 0.25) is 0 Å². The van der Waals surface area contributed by atoms with Gasteiger partial charge in [0.1, 0.15) is 19.0 Å². The number of Topliss-reactive ketones (excluding diaryl/α,β-unsaturated/α-hetero) is 1. The molecule has 1 amide bonds. The number of carbonyl (C=O) groups excluding carboxylic acids is 2. The van der Waals surface area contributed by atoms with Crippen molar-refractivity contribution in [1.29, 1.82) is 0 Å². The van der Waals surface area contributed by atoms with Crippen molar-refractivity contribution in [3.63, 3.8) is 0 Å². The van der Waals surface area contributed by atoms with Crippen LogP contribution in [-0.2, 0) is 14.3 Å². The van der Waals surface area contributed by atoms with E-state index >= 15 is 0 Å². The van der Waals surface area contributed by atoms with Crippen molar-refractivity contribution in [2.45, 2.75) is 26.3 Å². The lowest BCUT2D eigenvalue weighted by Gasteiger charge is -2.26. The zero-order chi connectivity index (χ0) is 25.7. The maximum absolute atomic E-state index is 13.3. The third-order valence-electron chi connectivity index (χ3n) is 5.99. The highest BCUT2D eigenvalue weighted by molar-refractivity contribution is 6.46. The van der Waals surface area contributed by atoms with Gasteiger partial charge in [-0.05, 0) is 56.2 Å². The standard InChI is InChI=1S/C27H31NO8/c1-4-33-19-9-7-17(15-21(19)34-5-2)24-23(26(30)27(31)28(24)11-6-12-32-3)25(29)18-8-10-20-22(16-18)36-14-13-35-20/h7-10,15-16,24,29H,4-6,11-14H2,1-3H3/b25-23-. The fourth-order valence-corrected chi connectivity index (χ4v) is 4.42. The maximum atomic E-state index is 13.3. The van der Waals surface area contributed by atoms with Crippen LogP contribution in [0.4, 0.5) is 0 Å². The number of hydrogen-bond acceptors (Lipinski definition) is 8. The summed E-state index contributed by atoms with van der Waals surface area (Å²) in [6, 6.07) is 9.41. The summed E-state index contributed by atoms with van der Waals surface area (Å²) in [5, 5.41) is 11.3. The van der Waals surface area contributed by atoms with Crippen LogP contribution in [0.1, 0.15) is 37.4 Å². The first-order chi connectivity index (χ1) is 17.5. The van der Waals surface area contributed by atoms with Gasteiger partial charge in [-0.2, -0.15) is 0 Å². The molecule has 2 aliphatic rings. The average Bonchev–Trinajstić information content (AvgIpc) is 3.14. The van der Waals surface area contributed by atoms with Gasteiger partial charge in [-0.1, -0.05) is 6.07 Å². The number of rotatable bonds is 10. The Balaban J connectivity index is 1.82. The number of likely N-dealkylation sites (tertiary alicyclic amines) is 1. The van der Waals surface area contributed by atoms with Crippen molar-refractivity contribution < 1.29 is 38.4 Å². The molecule has 36 heavy (non-hydrogen) atoms. The Hall–Kier alpha value is -3.72. The number of ether oxygens (including phenoxy) is 5. The summed E-state index contributed by atoms with van der Waals surface area (Å²) in [5.74, 6) is 0.373. The first kappa shape index (κ1) is 25.4. The molecule has 2 aromatic rings. The lowest BCUT2D eigenvalue weighted by Crippen LogP contribution is -2.31. The van der Waals surface area contributed by atoms with E-state index in [1.165, 1.54) is 4.90 Å². The monoisotopic (exact) mass is 497 g/mol. The molecule has 192 valence electrons. The van der Waals surface area contributed by atoms with E-state index in [0.29, 0.717) is 73.6 Å². The molecular weight excluding hydrogens is 466 g/mol. The Morgan fingerprint density at radius 1 is 1.00 bits per heavy atom. The number of carbonyl (C=O) groups is 2. The smallest absolute Gasteiger partial charge is 0.295 e. The molecule has 1 saturated heterocycles. The van der Waals surface area contributed by atoms with Gasteiger partial charge in [-0.3, -0.25) is 9.59 Å². The van der Waals surface area contributed by atoms with Crippen molar-refractivity contribution in [2.75, 3.05) is 46.7 Å². The van der Waals surface area contributed by atoms with Crippen LogP contribution in [0.3, 0.4) is 0 Å². The minimum atomic E-state index is -0.815. The van der Waals surface area contributed by atoms with Gasteiger partial charge in [0.15, 0.2) is 23.0 Å². The number of ketones is 1. The molecule has 2 aliphatic heterocycles. The SMILES string of the molecule is CCOc1ccc(C2/C(=C(/O)c3ccc4c(c3)OCCO4)C(=O)C(=O)N2CCCOC)cc1OCC. The quantitative estimate of drug-likeness (QED) is 0.229. The van der Waals surface area contributed by atoms with Gasteiger partial charge in [0.05, 0.1) is 24.8 Å². The van der Waals surface area contributed by atoms with Crippen molar-refractivity contribution in [3.8, 4) is 23.0 Å². The summed E-state index contributed by atoms with van der Waals surface area (Å²) < 4.78 is 27.8. The Morgan fingerprint density at radius 2 is 1.72 bits per heavy atom. The summed E-state index contributed by atoms with van der Waals surface area (Å²) in [7, 11) is 1.58. The number of aliphatic hydroxyl groups excluding tert-OH is 1. The second-order valence-electron chi connectivity index (χ2n) is 8.27. The van der Waals surface area contributed by atoms with Crippen LogP contribution in [0, 0.1) is 0 Å². The largest absolute Gasteiger partial charge is 0.507 e. The molecule has 9 heteroatoms. The Bertz CT molecular complexity index is 1160. The molecule has 0 aliphatic carbocycles. The van der Waals surface area contributed by atoms with E-state index in [-0.39, 0.29) is 17.9 Å². The van der Waals surface area contributed by atoms with Crippen molar-refractivity contribution >= 4 is 17.4 Å². The van der Waals surface area contributed by atoms with Crippen molar-refractivity contribution in [3.05, 3.63) is 53.1 Å². The first-order valence-electron chi connectivity index (χ1n) is 12.1. The summed E-state index contributed by atoms with van der Waals surface area (Å²) >= 11 is 0. The number of aliphatic hydroxyl groups is 1. The van der Waals surface area contributed by atoms with E-state index < -0.39 is 17.7 Å². The predicted octanol–water partition coefficient (Wildman–Crippen LogP) is 3.71. The molecule has 2 heterocycles. The van der Waals surface area contributed by atoms with E-state index in [0.717, 1.165) is 0 Å². The number of methoxy groups -OCH3 is 1. The van der Waals surface area contributed by atoms with Gasteiger partial charge >= 0.3 is 0 Å². The molecule has 1 unspecified atom stereocenters. The second-order valence-corrected chi connectivity index (χ2v) is 8.27. The van der Waals surface area contributed by atoms with Gasteiger partial charge in [-0.25, -0.2) is 0 Å². The second kappa shape index (κ2) is 11.3. The topological polar surface area (TPSA) is 104 Å².